The highest BCUT2D eigenvalue weighted by Gasteiger charge is 2.37. The van der Waals surface area contributed by atoms with E-state index in [9.17, 15) is 24.0 Å². The second-order valence-corrected chi connectivity index (χ2v) is 13.5. The molecule has 0 aliphatic carbocycles. The first-order chi connectivity index (χ1) is 24.8. The topological polar surface area (TPSA) is 172 Å². The molecule has 0 spiro atoms. The van der Waals surface area contributed by atoms with Gasteiger partial charge in [0.05, 0.1) is 37.9 Å². The zero-order valence-corrected chi connectivity index (χ0v) is 31.7. The van der Waals surface area contributed by atoms with Gasteiger partial charge < -0.3 is 30.5 Å². The average Bonchev–Trinajstić information content (AvgIpc) is 3.88. The summed E-state index contributed by atoms with van der Waals surface area (Å²) in [6, 6.07) is 20.8. The zero-order chi connectivity index (χ0) is 38.5. The van der Waals surface area contributed by atoms with Crippen LogP contribution < -0.4 is 21.3 Å². The van der Waals surface area contributed by atoms with Crippen LogP contribution in [0.25, 0.3) is 0 Å². The summed E-state index contributed by atoms with van der Waals surface area (Å²) in [7, 11) is 0. The molecule has 2 heterocycles. The number of aromatic nitrogens is 1. The van der Waals surface area contributed by atoms with Gasteiger partial charge in [-0.05, 0) is 43.6 Å². The van der Waals surface area contributed by atoms with E-state index in [1.54, 1.807) is 6.07 Å². The lowest BCUT2D eigenvalue weighted by molar-refractivity contribution is -0.132. The number of aryl methyl sites for hydroxylation is 3. The van der Waals surface area contributed by atoms with Gasteiger partial charge in [0.2, 0.25) is 23.6 Å². The van der Waals surface area contributed by atoms with E-state index in [1.165, 1.54) is 11.1 Å². The third-order valence-electron chi connectivity index (χ3n) is 7.75. The first-order valence-corrected chi connectivity index (χ1v) is 18.1. The van der Waals surface area contributed by atoms with Gasteiger partial charge in [0, 0.05) is 12.5 Å². The Bertz CT molecular complexity index is 1520. The van der Waals surface area contributed by atoms with Crippen LogP contribution in [0.1, 0.15) is 77.0 Å². The molecule has 1 saturated heterocycles. The first-order valence-electron chi connectivity index (χ1n) is 18.1. The van der Waals surface area contributed by atoms with E-state index >= 15 is 0 Å². The van der Waals surface area contributed by atoms with Crippen molar-refractivity contribution in [3.05, 3.63) is 89.3 Å². The van der Waals surface area contributed by atoms with E-state index in [1.807, 2.05) is 58.9 Å². The minimum Gasteiger partial charge on any atom is -0.365 e. The third kappa shape index (κ3) is 18.4. The molecule has 52 heavy (non-hydrogen) atoms. The highest BCUT2D eigenvalue weighted by Crippen LogP contribution is 2.16. The van der Waals surface area contributed by atoms with Gasteiger partial charge in [-0.15, -0.1) is 0 Å². The van der Waals surface area contributed by atoms with Crippen molar-refractivity contribution in [1.82, 2.24) is 26.4 Å². The van der Waals surface area contributed by atoms with Crippen LogP contribution in [-0.4, -0.2) is 72.5 Å². The summed E-state index contributed by atoms with van der Waals surface area (Å²) in [5.41, 5.74) is 3.20. The average molecular weight is 720 g/mol. The van der Waals surface area contributed by atoms with E-state index in [0.717, 1.165) is 6.42 Å². The molecule has 1 aromatic heterocycles. The van der Waals surface area contributed by atoms with E-state index in [4.69, 9.17) is 9.26 Å². The molecule has 1 aliphatic rings. The van der Waals surface area contributed by atoms with Gasteiger partial charge in [0.1, 0.15) is 17.9 Å². The van der Waals surface area contributed by atoms with Crippen LogP contribution in [0, 0.1) is 18.8 Å². The monoisotopic (exact) mass is 719 g/mol. The maximum absolute atomic E-state index is 12.7. The van der Waals surface area contributed by atoms with Crippen LogP contribution in [0.5, 0.6) is 0 Å². The molecule has 0 saturated carbocycles. The molecule has 12 heteroatoms. The number of hydrogen-bond acceptors (Lipinski definition) is 8. The quantitative estimate of drug-likeness (QED) is 0.150. The number of rotatable bonds is 17. The Kier molecular flexibility index (Phi) is 19.7. The van der Waals surface area contributed by atoms with Gasteiger partial charge in [-0.2, -0.15) is 0 Å². The minimum absolute atomic E-state index is 0.0328. The summed E-state index contributed by atoms with van der Waals surface area (Å²) >= 11 is 0. The van der Waals surface area contributed by atoms with Gasteiger partial charge in [-0.1, -0.05) is 113 Å². The van der Waals surface area contributed by atoms with Crippen molar-refractivity contribution in [1.29, 1.82) is 0 Å². The predicted molar refractivity (Wildman–Crippen MR) is 200 cm³/mol. The molecule has 3 aromatic rings. The van der Waals surface area contributed by atoms with Crippen LogP contribution in [0.2, 0.25) is 0 Å². The number of ether oxygens (including phenoxy) is 1. The minimum atomic E-state index is -0.896. The van der Waals surface area contributed by atoms with Crippen molar-refractivity contribution >= 4 is 29.4 Å². The number of carbonyl (C=O) groups excluding carboxylic acids is 5. The summed E-state index contributed by atoms with van der Waals surface area (Å²) in [6.07, 6.45) is 2.08. The number of epoxide rings is 1. The molecule has 4 N–H and O–H groups in total. The van der Waals surface area contributed by atoms with Crippen LogP contribution in [0.4, 0.5) is 0 Å². The maximum atomic E-state index is 12.7. The van der Waals surface area contributed by atoms with E-state index in [-0.39, 0.29) is 37.1 Å². The van der Waals surface area contributed by atoms with Crippen LogP contribution in [-0.2, 0) is 48.0 Å². The molecule has 1 fully saturated rings. The first kappa shape index (κ1) is 43.3. The summed E-state index contributed by atoms with van der Waals surface area (Å²) < 4.78 is 10.1. The smallest absolute Gasteiger partial charge is 0.243 e. The fraction of sp³-hybridized carbons (Fsp3) is 0.500. The van der Waals surface area contributed by atoms with Gasteiger partial charge in [-0.3, -0.25) is 24.0 Å². The molecule has 3 atom stereocenters. The summed E-state index contributed by atoms with van der Waals surface area (Å²) in [5.74, 6) is -1.24. The number of amides is 4. The van der Waals surface area contributed by atoms with Gasteiger partial charge >= 0.3 is 0 Å². The van der Waals surface area contributed by atoms with Crippen molar-refractivity contribution in [3.63, 3.8) is 0 Å². The number of Topliss-reactive ketones (excluding diaryl/α,β-unsaturated/α-hetero) is 1. The molecule has 4 amide bonds. The third-order valence-corrected chi connectivity index (χ3v) is 7.75. The maximum Gasteiger partial charge on any atom is 0.243 e. The highest BCUT2D eigenvalue weighted by molar-refractivity contribution is 5.95. The van der Waals surface area contributed by atoms with Crippen molar-refractivity contribution < 1.29 is 33.2 Å². The molecule has 0 bridgehead atoms. The van der Waals surface area contributed by atoms with Crippen LogP contribution in [0.15, 0.2) is 71.3 Å². The van der Waals surface area contributed by atoms with Crippen LogP contribution >= 0.6 is 0 Å². The van der Waals surface area contributed by atoms with E-state index < -0.39 is 41.8 Å². The fourth-order valence-corrected chi connectivity index (χ4v) is 4.90. The summed E-state index contributed by atoms with van der Waals surface area (Å²) in [5, 5.41) is 14.1. The molecular weight excluding hydrogens is 662 g/mol. The number of hydrogen-bond donors (Lipinski definition) is 4. The van der Waals surface area contributed by atoms with Crippen molar-refractivity contribution in [2.24, 2.45) is 11.8 Å². The number of ketones is 1. The van der Waals surface area contributed by atoms with Crippen LogP contribution in [0.3, 0.4) is 0 Å². The second kappa shape index (κ2) is 23.6. The SMILES string of the molecule is CCc1cc(CC(=O)NCC(=O)NC(CC(C)C)C(=O)NCC(=O)NC(CC(C)C)C(=O)C2CO2)no1.CCc1ccccc1.Cc1ccccc1. The Morgan fingerprint density at radius 3 is 1.75 bits per heavy atom. The Hall–Kier alpha value is -4.84. The zero-order valence-electron chi connectivity index (χ0n) is 31.7. The standard InChI is InChI=1S/C25H39N5O7.C8H10.C7H8/c1-6-17-9-16(30-37-17)10-21(31)26-11-22(32)29-19(8-15(4)5)25(35)27-12-23(33)28-18(7-14(2)3)24(34)20-13-36-20;1-2-8-6-4-3-5-7-8;1-7-5-3-2-4-6-7/h9,14-15,18-20H,6-8,10-13H2,1-5H3,(H,26,31)(H,27,35)(H,28,33)(H,29,32);3-7H,2H2,1H3;2-6H,1H3. The Morgan fingerprint density at radius 1 is 0.750 bits per heavy atom. The van der Waals surface area contributed by atoms with Gasteiger partial charge in [0.25, 0.3) is 0 Å². The molecule has 3 unspecified atom stereocenters. The Morgan fingerprint density at radius 2 is 1.29 bits per heavy atom. The Balaban J connectivity index is 0.000000507. The van der Waals surface area contributed by atoms with Crippen molar-refractivity contribution in [2.75, 3.05) is 19.7 Å². The molecule has 1 aliphatic heterocycles. The molecule has 2 aromatic carbocycles. The fourth-order valence-electron chi connectivity index (χ4n) is 4.90. The lowest BCUT2D eigenvalue weighted by atomic mass is 9.98. The van der Waals surface area contributed by atoms with E-state index in [2.05, 4.69) is 76.7 Å². The lowest BCUT2D eigenvalue weighted by Crippen LogP contribution is -2.52. The molecule has 284 valence electrons. The second-order valence-electron chi connectivity index (χ2n) is 13.5. The predicted octanol–water partition coefficient (Wildman–Crippen LogP) is 4.29. The van der Waals surface area contributed by atoms with Crippen molar-refractivity contribution in [3.8, 4) is 0 Å². The lowest BCUT2D eigenvalue weighted by Gasteiger charge is -2.21. The normalized spacial score (nSPS) is 14.1. The van der Waals surface area contributed by atoms with Crippen molar-refractivity contribution in [2.45, 2.75) is 98.8 Å². The molecular formula is C40H57N5O7. The number of nitrogens with one attached hydrogen (secondary N) is 4. The molecule has 0 radical (unpaired) electrons. The summed E-state index contributed by atoms with van der Waals surface area (Å²) in [4.78, 5) is 62.1. The number of benzene rings is 2. The summed E-state index contributed by atoms with van der Waals surface area (Å²) in [6.45, 7) is 13.5. The highest BCUT2D eigenvalue weighted by atomic mass is 16.6. The van der Waals surface area contributed by atoms with Gasteiger partial charge in [-0.25, -0.2) is 0 Å². The molecule has 4 rings (SSSR count). The van der Waals surface area contributed by atoms with Gasteiger partial charge in [0.15, 0.2) is 5.78 Å². The largest absolute Gasteiger partial charge is 0.365 e. The number of nitrogens with zero attached hydrogens (tertiary/aromatic N) is 1. The number of carbonyl (C=O) groups is 5. The van der Waals surface area contributed by atoms with E-state index in [0.29, 0.717) is 37.3 Å². The molecule has 12 nitrogen and oxygen atoms in total. The Labute approximate surface area is 308 Å².